The molecule has 0 aliphatic carbocycles. The average molecular weight is 525 g/mol. The van der Waals surface area contributed by atoms with Gasteiger partial charge in [0.05, 0.1) is 11.4 Å². The Hall–Kier alpha value is -5.14. The zero-order chi connectivity index (χ0) is 26.9. The van der Waals surface area contributed by atoms with Gasteiger partial charge in [0, 0.05) is 59.1 Å². The summed E-state index contributed by atoms with van der Waals surface area (Å²) >= 11 is 0. The molecule has 4 aromatic heterocycles. The molecule has 0 unspecified atom stereocenters. The smallest absolute Gasteiger partial charge is 0.181 e. The van der Waals surface area contributed by atoms with Crippen LogP contribution < -0.4 is 5.32 Å². The molecule has 0 saturated heterocycles. The summed E-state index contributed by atoms with van der Waals surface area (Å²) in [5.41, 5.74) is 9.70. The van der Waals surface area contributed by atoms with E-state index in [-0.39, 0.29) is 5.82 Å². The van der Waals surface area contributed by atoms with Crippen molar-refractivity contribution in [1.82, 2.24) is 30.5 Å². The van der Waals surface area contributed by atoms with Gasteiger partial charge in [-0.05, 0) is 58.7 Å². The van der Waals surface area contributed by atoms with Crippen molar-refractivity contribution in [3.63, 3.8) is 0 Å². The van der Waals surface area contributed by atoms with Crippen LogP contribution in [0.15, 0.2) is 110 Å². The first-order valence-corrected chi connectivity index (χ1v) is 13.1. The van der Waals surface area contributed by atoms with E-state index in [1.165, 1.54) is 17.7 Å². The predicted molar refractivity (Wildman–Crippen MR) is 157 cm³/mol. The summed E-state index contributed by atoms with van der Waals surface area (Å²) in [5, 5.41) is 13.1. The normalized spacial score (nSPS) is 11.4. The molecule has 0 bridgehead atoms. The Morgan fingerprint density at radius 2 is 1.52 bits per heavy atom. The van der Waals surface area contributed by atoms with E-state index >= 15 is 0 Å². The molecule has 3 N–H and O–H groups in total. The van der Waals surface area contributed by atoms with Crippen LogP contribution in [0.5, 0.6) is 0 Å². The zero-order valence-electron chi connectivity index (χ0n) is 21.5. The number of benzene rings is 3. The topological polar surface area (TPSA) is 82.3 Å². The second-order valence-corrected chi connectivity index (χ2v) is 9.82. The van der Waals surface area contributed by atoms with E-state index in [1.54, 1.807) is 12.1 Å². The van der Waals surface area contributed by atoms with Gasteiger partial charge in [0.25, 0.3) is 0 Å². The van der Waals surface area contributed by atoms with Crippen LogP contribution in [-0.2, 0) is 13.1 Å². The summed E-state index contributed by atoms with van der Waals surface area (Å²) in [6, 6.07) is 29.4. The lowest BCUT2D eigenvalue weighted by Gasteiger charge is -2.07. The Balaban J connectivity index is 1.20. The van der Waals surface area contributed by atoms with Crippen LogP contribution in [0.3, 0.4) is 0 Å². The molecule has 7 aromatic rings. The highest BCUT2D eigenvalue weighted by molar-refractivity contribution is 6.01. The van der Waals surface area contributed by atoms with Gasteiger partial charge in [0.1, 0.15) is 5.82 Å². The minimum Gasteiger partial charge on any atom is -0.353 e. The van der Waals surface area contributed by atoms with Crippen molar-refractivity contribution in [2.75, 3.05) is 0 Å². The standard InChI is InChI=1S/C33H25FN6/c34-26-11-9-23(10-12-26)27-7-4-8-30-28(27)15-31(38-30)32-29-14-25(20-37-33(29)40-39-32)24-13-22(18-36-19-24)17-35-16-21-5-2-1-3-6-21/h1-15,18-20,35,38H,16-17H2,(H,37,39,40). The van der Waals surface area contributed by atoms with Crippen LogP contribution in [0.1, 0.15) is 11.1 Å². The third-order valence-electron chi connectivity index (χ3n) is 7.13. The summed E-state index contributed by atoms with van der Waals surface area (Å²) in [7, 11) is 0. The van der Waals surface area contributed by atoms with Crippen molar-refractivity contribution >= 4 is 21.9 Å². The van der Waals surface area contributed by atoms with Gasteiger partial charge in [0.2, 0.25) is 0 Å². The van der Waals surface area contributed by atoms with E-state index in [2.05, 4.69) is 60.8 Å². The fourth-order valence-electron chi connectivity index (χ4n) is 5.12. The fraction of sp³-hybridized carbons (Fsp3) is 0.0606. The molecule has 0 amide bonds. The van der Waals surface area contributed by atoms with Crippen molar-refractivity contribution in [3.8, 4) is 33.6 Å². The molecule has 0 spiro atoms. The molecule has 194 valence electrons. The molecule has 40 heavy (non-hydrogen) atoms. The number of pyridine rings is 2. The van der Waals surface area contributed by atoms with Gasteiger partial charge >= 0.3 is 0 Å². The van der Waals surface area contributed by atoms with E-state index in [9.17, 15) is 4.39 Å². The molecule has 0 fully saturated rings. The van der Waals surface area contributed by atoms with E-state index in [0.29, 0.717) is 12.2 Å². The lowest BCUT2D eigenvalue weighted by molar-refractivity contribution is 0.628. The quantitative estimate of drug-likeness (QED) is 0.205. The maximum Gasteiger partial charge on any atom is 0.181 e. The van der Waals surface area contributed by atoms with Gasteiger partial charge in [0.15, 0.2) is 5.65 Å². The number of nitrogens with zero attached hydrogens (tertiary/aromatic N) is 3. The molecular formula is C33H25FN6. The van der Waals surface area contributed by atoms with Gasteiger partial charge in [-0.3, -0.25) is 10.1 Å². The van der Waals surface area contributed by atoms with Crippen molar-refractivity contribution in [2.24, 2.45) is 0 Å². The number of hydrogen-bond acceptors (Lipinski definition) is 4. The van der Waals surface area contributed by atoms with Gasteiger partial charge in [-0.1, -0.05) is 54.6 Å². The number of nitrogens with one attached hydrogen (secondary N) is 3. The lowest BCUT2D eigenvalue weighted by Crippen LogP contribution is -2.12. The molecule has 0 atom stereocenters. The fourth-order valence-corrected chi connectivity index (χ4v) is 5.12. The summed E-state index contributed by atoms with van der Waals surface area (Å²) in [6.07, 6.45) is 5.59. The molecule has 0 aliphatic rings. The number of fused-ring (bicyclic) bond motifs is 2. The maximum atomic E-state index is 13.5. The summed E-state index contributed by atoms with van der Waals surface area (Å²) in [5.74, 6) is -0.248. The molecule has 0 aliphatic heterocycles. The van der Waals surface area contributed by atoms with E-state index in [0.717, 1.165) is 62.0 Å². The van der Waals surface area contributed by atoms with Gasteiger partial charge in [-0.15, -0.1) is 0 Å². The van der Waals surface area contributed by atoms with Crippen LogP contribution in [0, 0.1) is 5.82 Å². The Morgan fingerprint density at radius 1 is 0.700 bits per heavy atom. The van der Waals surface area contributed by atoms with Crippen molar-refractivity contribution in [1.29, 1.82) is 0 Å². The SMILES string of the molecule is Fc1ccc(-c2cccc3[nH]c(-c4[nH]nc5ncc(-c6cncc(CNCc7ccccc7)c6)cc45)cc23)cc1. The highest BCUT2D eigenvalue weighted by Gasteiger charge is 2.15. The molecule has 4 heterocycles. The number of rotatable bonds is 7. The largest absolute Gasteiger partial charge is 0.353 e. The summed E-state index contributed by atoms with van der Waals surface area (Å²) in [4.78, 5) is 12.6. The molecular weight excluding hydrogens is 499 g/mol. The Kier molecular flexibility index (Phi) is 6.11. The molecule has 0 saturated carbocycles. The second kappa shape index (κ2) is 10.2. The van der Waals surface area contributed by atoms with Gasteiger partial charge < -0.3 is 10.3 Å². The van der Waals surface area contributed by atoms with Crippen molar-refractivity contribution in [2.45, 2.75) is 13.1 Å². The Labute approximate surface area is 230 Å². The molecule has 3 aromatic carbocycles. The van der Waals surface area contributed by atoms with Crippen LogP contribution in [0.4, 0.5) is 4.39 Å². The first-order valence-electron chi connectivity index (χ1n) is 13.1. The van der Waals surface area contributed by atoms with Crippen molar-refractivity contribution in [3.05, 3.63) is 127 Å². The minimum atomic E-state index is -0.248. The van der Waals surface area contributed by atoms with Crippen LogP contribution in [0.2, 0.25) is 0 Å². The Bertz CT molecular complexity index is 1940. The third-order valence-corrected chi connectivity index (χ3v) is 7.13. The van der Waals surface area contributed by atoms with Crippen molar-refractivity contribution < 1.29 is 4.39 Å². The van der Waals surface area contributed by atoms with E-state index in [4.69, 9.17) is 0 Å². The third kappa shape index (κ3) is 4.63. The van der Waals surface area contributed by atoms with Crippen LogP contribution in [0.25, 0.3) is 55.6 Å². The number of H-pyrrole nitrogens is 2. The van der Waals surface area contributed by atoms with Gasteiger partial charge in [-0.25, -0.2) is 9.37 Å². The molecule has 6 nitrogen and oxygen atoms in total. The van der Waals surface area contributed by atoms with E-state index in [1.807, 2.05) is 55.0 Å². The van der Waals surface area contributed by atoms with Gasteiger partial charge in [-0.2, -0.15) is 5.10 Å². The van der Waals surface area contributed by atoms with Crippen LogP contribution in [-0.4, -0.2) is 25.1 Å². The highest BCUT2D eigenvalue weighted by Crippen LogP contribution is 2.34. The monoisotopic (exact) mass is 524 g/mol. The summed E-state index contributed by atoms with van der Waals surface area (Å²) in [6.45, 7) is 1.51. The number of halogens is 1. The first kappa shape index (κ1) is 23.9. The number of aromatic amines is 2. The highest BCUT2D eigenvalue weighted by atomic mass is 19.1. The summed E-state index contributed by atoms with van der Waals surface area (Å²) < 4.78 is 13.5. The molecule has 7 heteroatoms. The minimum absolute atomic E-state index is 0.248. The molecule has 0 radical (unpaired) electrons. The average Bonchev–Trinajstić information content (AvgIpc) is 3.62. The number of aromatic nitrogens is 5. The van der Waals surface area contributed by atoms with Crippen LogP contribution >= 0.6 is 0 Å². The number of hydrogen-bond donors (Lipinski definition) is 3. The first-order chi connectivity index (χ1) is 19.7. The molecule has 7 rings (SSSR count). The van der Waals surface area contributed by atoms with E-state index < -0.39 is 0 Å². The predicted octanol–water partition coefficient (Wildman–Crippen LogP) is 7.26. The lowest BCUT2D eigenvalue weighted by atomic mass is 10.0. The second-order valence-electron chi connectivity index (χ2n) is 9.82. The maximum absolute atomic E-state index is 13.5. The zero-order valence-corrected chi connectivity index (χ0v) is 21.5. The Morgan fingerprint density at radius 3 is 2.40 bits per heavy atom.